The van der Waals surface area contributed by atoms with Gasteiger partial charge in [0.25, 0.3) is 0 Å². The quantitative estimate of drug-likeness (QED) is 0.407. The number of hydrogen-bond donors (Lipinski definition) is 1. The van der Waals surface area contributed by atoms with E-state index in [-0.39, 0.29) is 0 Å². The lowest BCUT2D eigenvalue weighted by molar-refractivity contribution is -0.0848. The van der Waals surface area contributed by atoms with Crippen LogP contribution in [0.2, 0.25) is 0 Å². The third-order valence-electron chi connectivity index (χ3n) is 9.73. The van der Waals surface area contributed by atoms with E-state index in [9.17, 15) is 5.11 Å². The number of rotatable bonds is 9. The Kier molecular flexibility index (Phi) is 10.1. The second-order valence-corrected chi connectivity index (χ2v) is 13.2. The molecule has 0 heterocycles. The second kappa shape index (κ2) is 12.2. The lowest BCUT2D eigenvalue weighted by Gasteiger charge is -2.46. The zero-order chi connectivity index (χ0) is 24.1. The van der Waals surface area contributed by atoms with Gasteiger partial charge in [-0.3, -0.25) is 0 Å². The van der Waals surface area contributed by atoms with Crippen molar-refractivity contribution in [1.82, 2.24) is 0 Å². The van der Waals surface area contributed by atoms with E-state index >= 15 is 0 Å². The van der Waals surface area contributed by atoms with Gasteiger partial charge in [0.05, 0.1) is 31.5 Å². The molecule has 0 aromatic heterocycles. The van der Waals surface area contributed by atoms with Gasteiger partial charge >= 0.3 is 0 Å². The Balaban J connectivity index is 1.29. The van der Waals surface area contributed by atoms with Gasteiger partial charge in [-0.2, -0.15) is 0 Å². The van der Waals surface area contributed by atoms with Crippen LogP contribution in [0.3, 0.4) is 0 Å². The first-order valence-electron chi connectivity index (χ1n) is 14.0. The summed E-state index contributed by atoms with van der Waals surface area (Å²) in [6, 6.07) is 0. The van der Waals surface area contributed by atoms with E-state index in [0.717, 1.165) is 43.4 Å². The van der Waals surface area contributed by atoms with E-state index in [2.05, 4.69) is 34.6 Å². The summed E-state index contributed by atoms with van der Waals surface area (Å²) >= 11 is 0. The van der Waals surface area contributed by atoms with E-state index in [1.807, 2.05) is 7.11 Å². The highest BCUT2D eigenvalue weighted by atomic mass is 16.5. The van der Waals surface area contributed by atoms with Gasteiger partial charge in [0.15, 0.2) is 0 Å². The van der Waals surface area contributed by atoms with Crippen molar-refractivity contribution in [3.8, 4) is 0 Å². The molecular formula is C29H54O4. The molecule has 3 aliphatic carbocycles. The Hall–Kier alpha value is -0.160. The Bertz CT molecular complexity index is 544. The molecule has 3 rings (SSSR count). The summed E-state index contributed by atoms with van der Waals surface area (Å²) in [6.07, 6.45) is 15.2. The first-order valence-corrected chi connectivity index (χ1v) is 14.0. The molecule has 0 spiro atoms. The molecule has 4 nitrogen and oxygen atoms in total. The first kappa shape index (κ1) is 27.4. The molecule has 0 saturated heterocycles. The summed E-state index contributed by atoms with van der Waals surface area (Å²) in [5, 5.41) is 10.4. The molecule has 4 heteroatoms. The minimum atomic E-state index is -0.504. The predicted octanol–water partition coefficient (Wildman–Crippen LogP) is 6.78. The van der Waals surface area contributed by atoms with Crippen LogP contribution in [0, 0.1) is 28.6 Å². The topological polar surface area (TPSA) is 47.9 Å². The van der Waals surface area contributed by atoms with Gasteiger partial charge in [-0.05, 0) is 106 Å². The number of aliphatic hydroxyl groups excluding tert-OH is 1. The molecule has 3 fully saturated rings. The van der Waals surface area contributed by atoms with Crippen molar-refractivity contribution in [1.29, 1.82) is 0 Å². The van der Waals surface area contributed by atoms with Crippen molar-refractivity contribution >= 4 is 0 Å². The molecular weight excluding hydrogens is 412 g/mol. The highest BCUT2D eigenvalue weighted by Crippen LogP contribution is 2.48. The molecule has 0 aromatic carbocycles. The number of hydrogen-bond acceptors (Lipinski definition) is 4. The van der Waals surface area contributed by atoms with Crippen molar-refractivity contribution in [2.24, 2.45) is 28.6 Å². The van der Waals surface area contributed by atoms with Crippen LogP contribution < -0.4 is 0 Å². The van der Waals surface area contributed by atoms with Gasteiger partial charge in [0.1, 0.15) is 6.10 Å². The van der Waals surface area contributed by atoms with E-state index < -0.39 is 6.10 Å². The fourth-order valence-electron chi connectivity index (χ4n) is 6.99. The lowest BCUT2D eigenvalue weighted by Crippen LogP contribution is -2.39. The van der Waals surface area contributed by atoms with Crippen molar-refractivity contribution in [2.45, 2.75) is 136 Å². The second-order valence-electron chi connectivity index (χ2n) is 13.2. The monoisotopic (exact) mass is 466 g/mol. The molecule has 0 amide bonds. The van der Waals surface area contributed by atoms with Crippen molar-refractivity contribution < 1.29 is 19.3 Å². The maximum Gasteiger partial charge on any atom is 0.101 e. The normalized spacial score (nSPS) is 35.4. The van der Waals surface area contributed by atoms with E-state index in [4.69, 9.17) is 14.2 Å². The fraction of sp³-hybridized carbons (Fsp3) is 1.00. The van der Waals surface area contributed by atoms with Crippen LogP contribution in [0.15, 0.2) is 0 Å². The van der Waals surface area contributed by atoms with Gasteiger partial charge in [-0.1, -0.05) is 34.6 Å². The molecule has 1 unspecified atom stereocenters. The van der Waals surface area contributed by atoms with Gasteiger partial charge in [0.2, 0.25) is 0 Å². The molecule has 0 aliphatic heterocycles. The van der Waals surface area contributed by atoms with Crippen molar-refractivity contribution in [2.75, 3.05) is 20.3 Å². The van der Waals surface area contributed by atoms with E-state index in [1.54, 1.807) is 0 Å². The van der Waals surface area contributed by atoms with Crippen molar-refractivity contribution in [3.05, 3.63) is 0 Å². The fourth-order valence-corrected chi connectivity index (χ4v) is 6.99. The SMILES string of the molecule is COC1CCC(C(C)(C)C2CCC(OCC(O)COC3CCC(C(C)(C)C)CC3)CC2)CC1. The van der Waals surface area contributed by atoms with Gasteiger partial charge < -0.3 is 19.3 Å². The molecule has 1 N–H and O–H groups in total. The summed E-state index contributed by atoms with van der Waals surface area (Å²) in [7, 11) is 1.86. The minimum Gasteiger partial charge on any atom is -0.388 e. The smallest absolute Gasteiger partial charge is 0.101 e. The van der Waals surface area contributed by atoms with E-state index in [0.29, 0.717) is 42.4 Å². The molecule has 3 aliphatic rings. The number of ether oxygens (including phenoxy) is 3. The largest absolute Gasteiger partial charge is 0.388 e. The van der Waals surface area contributed by atoms with Crippen LogP contribution in [0.25, 0.3) is 0 Å². The molecule has 33 heavy (non-hydrogen) atoms. The molecule has 0 bridgehead atoms. The highest BCUT2D eigenvalue weighted by molar-refractivity contribution is 4.91. The summed E-state index contributed by atoms with van der Waals surface area (Å²) < 4.78 is 17.8. The lowest BCUT2D eigenvalue weighted by atomic mass is 9.60. The average Bonchev–Trinajstić information content (AvgIpc) is 2.81. The summed E-state index contributed by atoms with van der Waals surface area (Å²) in [5.74, 6) is 2.41. The van der Waals surface area contributed by atoms with Gasteiger partial charge in [0, 0.05) is 7.11 Å². The molecule has 194 valence electrons. The molecule has 0 aromatic rings. The summed E-state index contributed by atoms with van der Waals surface area (Å²) in [4.78, 5) is 0. The third-order valence-corrected chi connectivity index (χ3v) is 9.73. The summed E-state index contributed by atoms with van der Waals surface area (Å²) in [6.45, 7) is 12.9. The highest BCUT2D eigenvalue weighted by Gasteiger charge is 2.40. The molecule has 0 radical (unpaired) electrons. The van der Waals surface area contributed by atoms with Crippen molar-refractivity contribution in [3.63, 3.8) is 0 Å². The average molecular weight is 467 g/mol. The number of methoxy groups -OCH3 is 1. The van der Waals surface area contributed by atoms with Gasteiger partial charge in [-0.25, -0.2) is 0 Å². The predicted molar refractivity (Wildman–Crippen MR) is 135 cm³/mol. The molecule has 1 atom stereocenters. The maximum atomic E-state index is 10.4. The van der Waals surface area contributed by atoms with Crippen LogP contribution in [-0.2, 0) is 14.2 Å². The Labute approximate surface area is 204 Å². The first-order chi connectivity index (χ1) is 15.6. The zero-order valence-electron chi connectivity index (χ0n) is 22.6. The Morgan fingerprint density at radius 3 is 1.33 bits per heavy atom. The van der Waals surface area contributed by atoms with Crippen LogP contribution in [0.5, 0.6) is 0 Å². The van der Waals surface area contributed by atoms with E-state index in [1.165, 1.54) is 51.4 Å². The Morgan fingerprint density at radius 1 is 0.606 bits per heavy atom. The Morgan fingerprint density at radius 2 is 0.970 bits per heavy atom. The maximum absolute atomic E-state index is 10.4. The summed E-state index contributed by atoms with van der Waals surface area (Å²) in [5.41, 5.74) is 0.805. The minimum absolute atomic E-state index is 0.304. The van der Waals surface area contributed by atoms with Gasteiger partial charge in [-0.15, -0.1) is 0 Å². The van der Waals surface area contributed by atoms with Crippen LogP contribution in [0.4, 0.5) is 0 Å². The van der Waals surface area contributed by atoms with Crippen LogP contribution >= 0.6 is 0 Å². The van der Waals surface area contributed by atoms with Crippen LogP contribution in [0.1, 0.15) is 112 Å². The number of aliphatic hydroxyl groups is 1. The molecule has 3 saturated carbocycles. The standard InChI is InChI=1S/C29H54O4/c1-28(2,3)21-7-15-26(16-8-21)32-19-24(30)20-33-27-17-11-23(12-18-27)29(4,5)22-9-13-25(31-6)14-10-22/h21-27,30H,7-20H2,1-6H3. The third kappa shape index (κ3) is 7.92. The van der Waals surface area contributed by atoms with Crippen LogP contribution in [-0.4, -0.2) is 49.8 Å². The zero-order valence-corrected chi connectivity index (χ0v) is 22.6.